The Hall–Kier alpha value is -3.79. The van der Waals surface area contributed by atoms with E-state index in [0.29, 0.717) is 32.3 Å². The number of nitrogens with zero attached hydrogens (tertiary/aromatic N) is 6. The first-order valence-corrected chi connectivity index (χ1v) is 15.7. The van der Waals surface area contributed by atoms with Crippen LogP contribution in [0.15, 0.2) is 45.5 Å². The van der Waals surface area contributed by atoms with Crippen LogP contribution in [-0.2, 0) is 35.1 Å². The van der Waals surface area contributed by atoms with E-state index in [0.717, 1.165) is 29.5 Å². The van der Waals surface area contributed by atoms with Crippen molar-refractivity contribution in [3.05, 3.63) is 62.3 Å². The smallest absolute Gasteiger partial charge is 0.332 e. The van der Waals surface area contributed by atoms with Gasteiger partial charge >= 0.3 is 15.9 Å². The summed E-state index contributed by atoms with van der Waals surface area (Å²) in [5.74, 6) is 0.0302. The van der Waals surface area contributed by atoms with E-state index in [1.807, 2.05) is 24.8 Å². The maximum Gasteiger partial charge on any atom is 0.332 e. The van der Waals surface area contributed by atoms with Crippen molar-refractivity contribution in [3.8, 4) is 0 Å². The largest absolute Gasteiger partial charge is 0.379 e. The van der Waals surface area contributed by atoms with Gasteiger partial charge in [0.25, 0.3) is 5.56 Å². The molecule has 4 heterocycles. The van der Waals surface area contributed by atoms with Gasteiger partial charge in [-0.1, -0.05) is 23.8 Å². The Labute approximate surface area is 249 Å². The molecule has 0 saturated carbocycles. The molecule has 2 aliphatic heterocycles. The van der Waals surface area contributed by atoms with Crippen LogP contribution < -0.4 is 26.6 Å². The van der Waals surface area contributed by atoms with Crippen LogP contribution in [0.2, 0.25) is 0 Å². The number of carbonyl (C=O) groups excluding carboxylic acids is 1. The van der Waals surface area contributed by atoms with Crippen LogP contribution in [0.4, 0.5) is 11.6 Å². The number of morpholine rings is 1. The van der Waals surface area contributed by atoms with Crippen LogP contribution in [0.1, 0.15) is 37.0 Å². The van der Waals surface area contributed by atoms with Gasteiger partial charge in [0.2, 0.25) is 5.95 Å². The van der Waals surface area contributed by atoms with E-state index in [9.17, 15) is 22.8 Å². The van der Waals surface area contributed by atoms with Crippen molar-refractivity contribution in [3.63, 3.8) is 0 Å². The van der Waals surface area contributed by atoms with Crippen LogP contribution in [0.5, 0.6) is 0 Å². The van der Waals surface area contributed by atoms with Crippen molar-refractivity contribution < 1.29 is 17.9 Å². The highest BCUT2D eigenvalue weighted by molar-refractivity contribution is 7.90. The zero-order valence-electron chi connectivity index (χ0n) is 24.7. The molecule has 2 saturated heterocycles. The summed E-state index contributed by atoms with van der Waals surface area (Å²) in [5.41, 5.74) is 6.77. The van der Waals surface area contributed by atoms with Crippen LogP contribution in [0, 0.1) is 0 Å². The highest BCUT2D eigenvalue weighted by Crippen LogP contribution is 2.23. The Morgan fingerprint density at radius 3 is 2.60 bits per heavy atom. The Kier molecular flexibility index (Phi) is 8.87. The number of hydrogen-bond acceptors (Lipinski definition) is 9. The Morgan fingerprint density at radius 2 is 1.91 bits per heavy atom. The third-order valence-electron chi connectivity index (χ3n) is 7.68. The topological polar surface area (TPSA) is 167 Å². The molecular formula is C28H38N8O6S. The van der Waals surface area contributed by atoms with Crippen molar-refractivity contribution in [1.82, 2.24) is 23.0 Å². The zero-order valence-corrected chi connectivity index (χ0v) is 25.5. The predicted octanol–water partition coefficient (Wildman–Crippen LogP) is 0.662. The molecule has 14 nitrogen and oxygen atoms in total. The van der Waals surface area contributed by atoms with Gasteiger partial charge in [-0.15, -0.1) is 0 Å². The molecular weight excluding hydrogens is 576 g/mol. The first kappa shape index (κ1) is 30.7. The predicted molar refractivity (Wildman–Crippen MR) is 164 cm³/mol. The van der Waals surface area contributed by atoms with E-state index >= 15 is 0 Å². The Bertz CT molecular complexity index is 1780. The SMILES string of the molecule is CC(C)=CCn1c(N2CCCC(N)C2)nc2c1c(=O)n(CC(=O)c1cccc(NS(=O)(=O)N3CCOCC3)c1)c(=O)n2C. The molecule has 0 bridgehead atoms. The summed E-state index contributed by atoms with van der Waals surface area (Å²) in [6.07, 6.45) is 3.75. The number of fused-ring (bicyclic) bond motifs is 1. The van der Waals surface area contributed by atoms with Crippen molar-refractivity contribution in [2.24, 2.45) is 12.8 Å². The standard InChI is InChI=1S/C28H38N8O6S/c1-19(2)9-11-35-24-25(30-27(35)33-10-5-7-21(29)17-33)32(3)28(39)36(26(24)38)18-23(37)20-6-4-8-22(16-20)31-43(40,41)34-12-14-42-15-13-34/h4,6,8-9,16,21,31H,5,7,10-15,17-18,29H2,1-3H3. The lowest BCUT2D eigenvalue weighted by molar-refractivity contribution is 0.0733. The van der Waals surface area contributed by atoms with Crippen molar-refractivity contribution >= 4 is 38.8 Å². The number of carbonyl (C=O) groups is 1. The highest BCUT2D eigenvalue weighted by Gasteiger charge is 2.27. The number of imidazole rings is 1. The van der Waals surface area contributed by atoms with E-state index in [1.165, 1.54) is 34.1 Å². The fourth-order valence-electron chi connectivity index (χ4n) is 5.37. The number of aryl methyl sites for hydroxylation is 1. The fourth-order valence-corrected chi connectivity index (χ4v) is 6.55. The lowest BCUT2D eigenvalue weighted by Gasteiger charge is -2.31. The van der Waals surface area contributed by atoms with Gasteiger partial charge in [-0.05, 0) is 38.8 Å². The van der Waals surface area contributed by atoms with E-state index in [2.05, 4.69) is 4.72 Å². The van der Waals surface area contributed by atoms with Gasteiger partial charge in [-0.25, -0.2) is 4.79 Å². The Morgan fingerprint density at radius 1 is 1.16 bits per heavy atom. The molecule has 0 aliphatic carbocycles. The minimum absolute atomic E-state index is 0.0299. The van der Waals surface area contributed by atoms with Crippen molar-refractivity contribution in [2.75, 3.05) is 49.0 Å². The van der Waals surface area contributed by atoms with E-state index in [-0.39, 0.29) is 41.5 Å². The van der Waals surface area contributed by atoms with Gasteiger partial charge in [-0.2, -0.15) is 17.7 Å². The minimum Gasteiger partial charge on any atom is -0.379 e. The molecule has 1 atom stereocenters. The third kappa shape index (κ3) is 6.44. The maximum atomic E-state index is 13.9. The normalized spacial score (nSPS) is 18.1. The summed E-state index contributed by atoms with van der Waals surface area (Å²) in [6.45, 7) is 6.07. The monoisotopic (exact) mass is 614 g/mol. The van der Waals surface area contributed by atoms with Gasteiger partial charge in [0, 0.05) is 51.4 Å². The molecule has 2 fully saturated rings. The molecule has 3 aromatic rings. The summed E-state index contributed by atoms with van der Waals surface area (Å²) < 4.78 is 38.6. The minimum atomic E-state index is -3.85. The number of rotatable bonds is 9. The lowest BCUT2D eigenvalue weighted by atomic mass is 10.1. The number of ketones is 1. The van der Waals surface area contributed by atoms with Crippen LogP contribution in [0.25, 0.3) is 11.2 Å². The van der Waals surface area contributed by atoms with Gasteiger partial charge in [0.05, 0.1) is 25.4 Å². The molecule has 3 N–H and O–H groups in total. The molecule has 0 amide bonds. The third-order valence-corrected chi connectivity index (χ3v) is 9.22. The molecule has 15 heteroatoms. The molecule has 2 aliphatic rings. The van der Waals surface area contributed by atoms with Crippen LogP contribution in [0.3, 0.4) is 0 Å². The Balaban J connectivity index is 1.50. The molecule has 232 valence electrons. The lowest BCUT2D eigenvalue weighted by Crippen LogP contribution is -2.44. The number of nitrogens with two attached hydrogens (primary N) is 1. The average Bonchev–Trinajstić information content (AvgIpc) is 3.37. The second-order valence-corrected chi connectivity index (χ2v) is 12.9. The van der Waals surface area contributed by atoms with Gasteiger partial charge < -0.3 is 19.9 Å². The first-order valence-electron chi connectivity index (χ1n) is 14.3. The van der Waals surface area contributed by atoms with Crippen LogP contribution >= 0.6 is 0 Å². The number of aromatic nitrogens is 4. The van der Waals surface area contributed by atoms with Crippen molar-refractivity contribution in [1.29, 1.82) is 0 Å². The maximum absolute atomic E-state index is 13.9. The van der Waals surface area contributed by atoms with E-state index < -0.39 is 33.8 Å². The number of nitrogens with one attached hydrogen (secondary N) is 1. The molecule has 43 heavy (non-hydrogen) atoms. The molecule has 1 aromatic carbocycles. The molecule has 0 radical (unpaired) electrons. The summed E-state index contributed by atoms with van der Waals surface area (Å²) in [6, 6.07) is 5.95. The molecule has 5 rings (SSSR count). The second-order valence-electron chi connectivity index (χ2n) is 11.2. The number of Topliss-reactive ketones (excluding diaryl/α,β-unsaturated/α-hetero) is 1. The summed E-state index contributed by atoms with van der Waals surface area (Å²) in [4.78, 5) is 47.4. The fraction of sp³-hybridized carbons (Fsp3) is 0.500. The number of allylic oxidation sites excluding steroid dienone is 2. The summed E-state index contributed by atoms with van der Waals surface area (Å²) in [7, 11) is -2.33. The van der Waals surface area contributed by atoms with Gasteiger partial charge in [0.15, 0.2) is 16.9 Å². The second kappa shape index (κ2) is 12.4. The molecule has 1 unspecified atom stereocenters. The van der Waals surface area contributed by atoms with E-state index in [1.54, 1.807) is 10.6 Å². The van der Waals surface area contributed by atoms with Crippen molar-refractivity contribution in [2.45, 2.75) is 45.8 Å². The number of hydrogen-bond donors (Lipinski definition) is 2. The first-order chi connectivity index (χ1) is 20.5. The number of benzene rings is 1. The quantitative estimate of drug-likeness (QED) is 0.260. The molecule has 2 aromatic heterocycles. The summed E-state index contributed by atoms with van der Waals surface area (Å²) >= 11 is 0. The number of anilines is 2. The summed E-state index contributed by atoms with van der Waals surface area (Å²) in [5, 5.41) is 0. The van der Waals surface area contributed by atoms with E-state index in [4.69, 9.17) is 15.5 Å². The van der Waals surface area contributed by atoms with Crippen LogP contribution in [-0.4, -0.2) is 82.6 Å². The highest BCUT2D eigenvalue weighted by atomic mass is 32.2. The number of piperidine rings is 1. The average molecular weight is 615 g/mol. The molecule has 0 spiro atoms. The zero-order chi connectivity index (χ0) is 30.9. The number of ether oxygens (including phenoxy) is 1. The van der Waals surface area contributed by atoms with Gasteiger partial charge in [0.1, 0.15) is 0 Å². The van der Waals surface area contributed by atoms with Gasteiger partial charge in [-0.3, -0.25) is 23.4 Å².